The number of nitrogens with zero attached hydrogens (tertiary/aromatic N) is 1. The Kier molecular flexibility index (Phi) is 4.03. The molecule has 0 radical (unpaired) electrons. The number of nitrogens with one attached hydrogen (secondary N) is 1. The predicted octanol–water partition coefficient (Wildman–Crippen LogP) is 0.711. The van der Waals surface area contributed by atoms with Crippen molar-refractivity contribution in [3.8, 4) is 0 Å². The van der Waals surface area contributed by atoms with Crippen molar-refractivity contribution < 1.29 is 4.79 Å². The average Bonchev–Trinajstić information content (AvgIpc) is 2.02. The monoisotopic (exact) mass is 154 g/mol. The molecule has 0 aliphatic rings. The van der Waals surface area contributed by atoms with Gasteiger partial charge >= 0.3 is 0 Å². The summed E-state index contributed by atoms with van der Waals surface area (Å²) in [5.74, 6) is -0.151. The lowest BCUT2D eigenvalue weighted by atomic mass is 10.4. The molecule has 0 bridgehead atoms. The Morgan fingerprint density at radius 2 is 2.27 bits per heavy atom. The first-order valence-electron chi connectivity index (χ1n) is 3.46. The van der Waals surface area contributed by atoms with Gasteiger partial charge in [-0.2, -0.15) is 0 Å². The summed E-state index contributed by atoms with van der Waals surface area (Å²) < 4.78 is 0. The summed E-state index contributed by atoms with van der Waals surface area (Å²) >= 11 is 0. The van der Waals surface area contributed by atoms with E-state index in [1.807, 2.05) is 6.92 Å². The first-order valence-corrected chi connectivity index (χ1v) is 3.46. The highest BCUT2D eigenvalue weighted by Gasteiger charge is 2.07. The van der Waals surface area contributed by atoms with E-state index in [1.54, 1.807) is 7.05 Å². The fraction of sp³-hybridized carbons (Fsp3) is 0.375. The Bertz CT molecular complexity index is 175. The number of amides is 1. The number of hydrogen-bond acceptors (Lipinski definition) is 2. The zero-order chi connectivity index (χ0) is 8.85. The molecule has 0 saturated carbocycles. The minimum atomic E-state index is -0.151. The van der Waals surface area contributed by atoms with Crippen LogP contribution in [0.1, 0.15) is 6.92 Å². The van der Waals surface area contributed by atoms with E-state index in [0.717, 1.165) is 0 Å². The van der Waals surface area contributed by atoms with Gasteiger partial charge in [-0.25, -0.2) is 0 Å². The van der Waals surface area contributed by atoms with Crippen LogP contribution in [0.5, 0.6) is 0 Å². The molecule has 11 heavy (non-hydrogen) atoms. The normalized spacial score (nSPS) is 8.55. The molecular weight excluding hydrogens is 140 g/mol. The Morgan fingerprint density at radius 3 is 2.64 bits per heavy atom. The van der Waals surface area contributed by atoms with Gasteiger partial charge in [-0.05, 0) is 13.1 Å². The van der Waals surface area contributed by atoms with Gasteiger partial charge in [0.25, 0.3) is 5.91 Å². The van der Waals surface area contributed by atoms with Crippen molar-refractivity contribution in [2.75, 3.05) is 13.6 Å². The molecule has 1 N–H and O–H groups in total. The molecule has 0 aromatic rings. The van der Waals surface area contributed by atoms with E-state index in [4.69, 9.17) is 0 Å². The molecule has 0 fully saturated rings. The summed E-state index contributed by atoms with van der Waals surface area (Å²) in [7, 11) is 1.64. The number of likely N-dealkylation sites (N-methyl/N-ethyl adjacent to an activating group) is 2. The maximum Gasteiger partial charge on any atom is 0.272 e. The highest BCUT2D eigenvalue weighted by atomic mass is 16.2. The van der Waals surface area contributed by atoms with E-state index < -0.39 is 0 Å². The molecule has 0 aliphatic heterocycles. The van der Waals surface area contributed by atoms with Crippen molar-refractivity contribution in [1.82, 2.24) is 10.2 Å². The fourth-order valence-electron chi connectivity index (χ4n) is 0.585. The lowest BCUT2D eigenvalue weighted by molar-refractivity contribution is -0.124. The maximum absolute atomic E-state index is 11.2. The summed E-state index contributed by atoms with van der Waals surface area (Å²) in [5, 5.41) is 2.83. The van der Waals surface area contributed by atoms with Gasteiger partial charge in [0.2, 0.25) is 0 Å². The van der Waals surface area contributed by atoms with Gasteiger partial charge in [0.05, 0.1) is 5.70 Å². The molecule has 0 rings (SSSR count). The van der Waals surface area contributed by atoms with Crippen LogP contribution < -0.4 is 5.32 Å². The van der Waals surface area contributed by atoms with Gasteiger partial charge in [-0.1, -0.05) is 13.2 Å². The molecule has 3 nitrogen and oxygen atoms in total. The lowest BCUT2D eigenvalue weighted by Crippen LogP contribution is -2.29. The van der Waals surface area contributed by atoms with Crippen LogP contribution in [-0.2, 0) is 4.79 Å². The summed E-state index contributed by atoms with van der Waals surface area (Å²) in [6.45, 7) is 9.64. The van der Waals surface area contributed by atoms with E-state index in [-0.39, 0.29) is 5.91 Å². The van der Waals surface area contributed by atoms with E-state index in [2.05, 4.69) is 18.5 Å². The Balaban J connectivity index is 4.02. The van der Waals surface area contributed by atoms with Crippen LogP contribution in [0.3, 0.4) is 0 Å². The minimum Gasteiger partial charge on any atom is -0.381 e. The highest BCUT2D eigenvalue weighted by Crippen LogP contribution is 1.92. The van der Waals surface area contributed by atoms with Crippen LogP contribution in [0.4, 0.5) is 0 Å². The first kappa shape index (κ1) is 9.75. The smallest absolute Gasteiger partial charge is 0.272 e. The van der Waals surface area contributed by atoms with Crippen LogP contribution >= 0.6 is 0 Å². The van der Waals surface area contributed by atoms with Gasteiger partial charge in [-0.15, -0.1) is 0 Å². The zero-order valence-electron chi connectivity index (χ0n) is 7.05. The maximum atomic E-state index is 11.2. The summed E-state index contributed by atoms with van der Waals surface area (Å²) in [4.78, 5) is 12.5. The Morgan fingerprint density at radius 1 is 1.73 bits per heavy atom. The average molecular weight is 154 g/mol. The molecule has 0 heterocycles. The van der Waals surface area contributed by atoms with Crippen molar-refractivity contribution in [2.45, 2.75) is 6.92 Å². The first-order chi connectivity index (χ1) is 5.13. The van der Waals surface area contributed by atoms with Crippen molar-refractivity contribution in [2.24, 2.45) is 0 Å². The molecular formula is C8H14N2O. The SMILES string of the molecule is C=CN(C)C(=O)C(=C)NCC. The van der Waals surface area contributed by atoms with Gasteiger partial charge < -0.3 is 10.2 Å². The summed E-state index contributed by atoms with van der Waals surface area (Å²) in [6, 6.07) is 0. The lowest BCUT2D eigenvalue weighted by Gasteiger charge is -2.13. The van der Waals surface area contributed by atoms with Gasteiger partial charge in [0.15, 0.2) is 0 Å². The molecule has 3 heteroatoms. The van der Waals surface area contributed by atoms with Crippen LogP contribution in [0.15, 0.2) is 25.1 Å². The van der Waals surface area contributed by atoms with Crippen LogP contribution in [0.2, 0.25) is 0 Å². The summed E-state index contributed by atoms with van der Waals surface area (Å²) in [6.07, 6.45) is 1.45. The predicted molar refractivity (Wildman–Crippen MR) is 45.8 cm³/mol. The second-order valence-corrected chi connectivity index (χ2v) is 2.11. The minimum absolute atomic E-state index is 0.151. The molecule has 0 aromatic heterocycles. The molecule has 0 unspecified atom stereocenters. The quantitative estimate of drug-likeness (QED) is 0.605. The largest absolute Gasteiger partial charge is 0.381 e. The molecule has 0 atom stereocenters. The van der Waals surface area contributed by atoms with Crippen LogP contribution in [-0.4, -0.2) is 24.4 Å². The van der Waals surface area contributed by atoms with Crippen LogP contribution in [0.25, 0.3) is 0 Å². The van der Waals surface area contributed by atoms with Gasteiger partial charge in [-0.3, -0.25) is 4.79 Å². The number of carbonyl (C=O) groups is 1. The zero-order valence-corrected chi connectivity index (χ0v) is 7.05. The topological polar surface area (TPSA) is 32.3 Å². The third-order valence-corrected chi connectivity index (χ3v) is 1.24. The second-order valence-electron chi connectivity index (χ2n) is 2.11. The fourth-order valence-corrected chi connectivity index (χ4v) is 0.585. The molecule has 0 spiro atoms. The molecule has 0 aromatic carbocycles. The Hall–Kier alpha value is -1.25. The van der Waals surface area contributed by atoms with Crippen molar-refractivity contribution in [3.05, 3.63) is 25.1 Å². The van der Waals surface area contributed by atoms with E-state index in [9.17, 15) is 4.79 Å². The van der Waals surface area contributed by atoms with Crippen molar-refractivity contribution in [1.29, 1.82) is 0 Å². The standard InChI is InChI=1S/C8H14N2O/c1-5-9-7(3)8(11)10(4)6-2/h6,9H,2-3,5H2,1,4H3. The molecule has 0 saturated heterocycles. The third-order valence-electron chi connectivity index (χ3n) is 1.24. The Labute approximate surface area is 67.4 Å². The van der Waals surface area contributed by atoms with E-state index in [0.29, 0.717) is 12.2 Å². The third kappa shape index (κ3) is 2.89. The van der Waals surface area contributed by atoms with Crippen molar-refractivity contribution >= 4 is 5.91 Å². The van der Waals surface area contributed by atoms with Crippen LogP contribution in [0, 0.1) is 0 Å². The number of carbonyl (C=O) groups excluding carboxylic acids is 1. The van der Waals surface area contributed by atoms with Gasteiger partial charge in [0.1, 0.15) is 0 Å². The number of rotatable bonds is 4. The highest BCUT2D eigenvalue weighted by molar-refractivity contribution is 5.92. The summed E-state index contributed by atoms with van der Waals surface area (Å²) in [5.41, 5.74) is 0.398. The molecule has 1 amide bonds. The number of hydrogen-bond donors (Lipinski definition) is 1. The molecule has 0 aliphatic carbocycles. The van der Waals surface area contributed by atoms with E-state index in [1.165, 1.54) is 11.1 Å². The molecule has 62 valence electrons. The van der Waals surface area contributed by atoms with Crippen molar-refractivity contribution in [3.63, 3.8) is 0 Å². The second kappa shape index (κ2) is 4.55. The van der Waals surface area contributed by atoms with Gasteiger partial charge in [0, 0.05) is 13.6 Å². The van der Waals surface area contributed by atoms with E-state index >= 15 is 0 Å².